The molecular formula is C9H10NNaO3S. The summed E-state index contributed by atoms with van der Waals surface area (Å²) in [4.78, 5) is 11.1. The van der Waals surface area contributed by atoms with E-state index in [9.17, 15) is 13.6 Å². The number of rotatable bonds is 3. The zero-order valence-electron chi connectivity index (χ0n) is 8.65. The maximum atomic E-state index is 11.1. The first-order valence-electron chi connectivity index (χ1n) is 4.00. The molecule has 0 radical (unpaired) electrons. The van der Waals surface area contributed by atoms with Gasteiger partial charge in [-0.1, -0.05) is 23.2 Å². The molecule has 0 spiro atoms. The van der Waals surface area contributed by atoms with Crippen molar-refractivity contribution in [2.45, 2.75) is 5.75 Å². The van der Waals surface area contributed by atoms with Gasteiger partial charge in [0.2, 0.25) is 0 Å². The average Bonchev–Trinajstić information content (AvgIpc) is 2.17. The van der Waals surface area contributed by atoms with E-state index in [1.165, 1.54) is 0 Å². The van der Waals surface area contributed by atoms with Gasteiger partial charge >= 0.3 is 29.6 Å². The zero-order chi connectivity index (χ0) is 10.6. The molecule has 1 N–H and O–H groups in total. The molecule has 0 aliphatic rings. The van der Waals surface area contributed by atoms with Crippen molar-refractivity contribution in [2.24, 2.45) is 0 Å². The second-order valence-electron chi connectivity index (χ2n) is 2.72. The van der Waals surface area contributed by atoms with Gasteiger partial charge in [-0.25, -0.2) is 0 Å². The van der Waals surface area contributed by atoms with E-state index in [4.69, 9.17) is 0 Å². The average molecular weight is 235 g/mol. The number of carbonyl (C=O) groups excluding carboxylic acids is 1. The fraction of sp³-hybridized carbons (Fsp3) is 0.222. The van der Waals surface area contributed by atoms with Crippen LogP contribution in [0.4, 0.5) is 0 Å². The summed E-state index contributed by atoms with van der Waals surface area (Å²) in [5, 5.41) is 2.48. The number of hydrogen-bond donors (Lipinski definition) is 1. The van der Waals surface area contributed by atoms with Crippen molar-refractivity contribution in [1.29, 1.82) is 0 Å². The summed E-state index contributed by atoms with van der Waals surface area (Å²) in [6.07, 6.45) is 0. The van der Waals surface area contributed by atoms with Crippen LogP contribution in [0.2, 0.25) is 0 Å². The minimum absolute atomic E-state index is 0. The van der Waals surface area contributed by atoms with Crippen LogP contribution in [0.3, 0.4) is 0 Å². The molecule has 1 rings (SSSR count). The van der Waals surface area contributed by atoms with Crippen LogP contribution < -0.4 is 34.9 Å². The van der Waals surface area contributed by atoms with E-state index in [0.717, 1.165) is 0 Å². The monoisotopic (exact) mass is 235 g/mol. The second kappa shape index (κ2) is 7.14. The Labute approximate surface area is 113 Å². The molecule has 0 aliphatic carbocycles. The molecule has 1 atom stereocenters. The van der Waals surface area contributed by atoms with Crippen LogP contribution in [0.25, 0.3) is 0 Å². The van der Waals surface area contributed by atoms with Crippen LogP contribution in [-0.2, 0) is 16.8 Å². The maximum Gasteiger partial charge on any atom is 1.00 e. The maximum absolute atomic E-state index is 11.1. The molecule has 1 aromatic carbocycles. The Balaban J connectivity index is 0.00000196. The van der Waals surface area contributed by atoms with Gasteiger partial charge in [-0.2, -0.15) is 0 Å². The first kappa shape index (κ1) is 14.8. The SMILES string of the molecule is CNC(=O)c1ccc(CS(=O)[O-])cc1.[Na+]. The van der Waals surface area contributed by atoms with Gasteiger partial charge in [0.25, 0.3) is 5.91 Å². The molecule has 4 nitrogen and oxygen atoms in total. The fourth-order valence-electron chi connectivity index (χ4n) is 1.03. The largest absolute Gasteiger partial charge is 1.00 e. The van der Waals surface area contributed by atoms with Gasteiger partial charge in [0.15, 0.2) is 0 Å². The summed E-state index contributed by atoms with van der Waals surface area (Å²) >= 11 is -2.09. The summed E-state index contributed by atoms with van der Waals surface area (Å²) in [5.41, 5.74) is 1.19. The third kappa shape index (κ3) is 4.90. The van der Waals surface area contributed by atoms with Crippen LogP contribution in [-0.4, -0.2) is 21.7 Å². The first-order chi connectivity index (χ1) is 6.63. The Morgan fingerprint density at radius 2 is 1.93 bits per heavy atom. The number of benzene rings is 1. The number of nitrogens with one attached hydrogen (secondary N) is 1. The molecule has 0 saturated heterocycles. The van der Waals surface area contributed by atoms with Crippen molar-refractivity contribution >= 4 is 17.0 Å². The molecule has 6 heteroatoms. The molecular weight excluding hydrogens is 225 g/mol. The Hall–Kier alpha value is -0.200. The van der Waals surface area contributed by atoms with Crippen molar-refractivity contribution in [3.05, 3.63) is 35.4 Å². The molecule has 0 saturated carbocycles. The van der Waals surface area contributed by atoms with Crippen molar-refractivity contribution < 1.29 is 43.1 Å². The summed E-state index contributed by atoms with van der Waals surface area (Å²) in [6.45, 7) is 0. The minimum Gasteiger partial charge on any atom is -0.772 e. The summed E-state index contributed by atoms with van der Waals surface area (Å²) in [5.74, 6) is -0.201. The van der Waals surface area contributed by atoms with Gasteiger partial charge in [-0.05, 0) is 17.7 Å². The Kier molecular flexibility index (Phi) is 7.04. The van der Waals surface area contributed by atoms with E-state index >= 15 is 0 Å². The Morgan fingerprint density at radius 3 is 2.33 bits per heavy atom. The van der Waals surface area contributed by atoms with Crippen LogP contribution in [0.1, 0.15) is 15.9 Å². The van der Waals surface area contributed by atoms with E-state index < -0.39 is 11.1 Å². The van der Waals surface area contributed by atoms with E-state index in [1.54, 1.807) is 31.3 Å². The van der Waals surface area contributed by atoms with Gasteiger partial charge < -0.3 is 9.87 Å². The van der Waals surface area contributed by atoms with E-state index in [2.05, 4.69) is 5.32 Å². The molecule has 1 amide bonds. The van der Waals surface area contributed by atoms with Crippen LogP contribution in [0.5, 0.6) is 0 Å². The van der Waals surface area contributed by atoms with E-state index in [0.29, 0.717) is 11.1 Å². The van der Waals surface area contributed by atoms with E-state index in [1.807, 2.05) is 0 Å². The molecule has 0 heterocycles. The quantitative estimate of drug-likeness (QED) is 0.462. The molecule has 1 unspecified atom stereocenters. The minimum atomic E-state index is -2.09. The molecule has 15 heavy (non-hydrogen) atoms. The summed E-state index contributed by atoms with van der Waals surface area (Å²) < 4.78 is 20.7. The van der Waals surface area contributed by atoms with Crippen LogP contribution in [0, 0.1) is 0 Å². The smallest absolute Gasteiger partial charge is 0.772 e. The third-order valence-corrected chi connectivity index (χ3v) is 2.30. The third-order valence-electron chi connectivity index (χ3n) is 1.73. The first-order valence-corrected chi connectivity index (χ1v) is 5.25. The summed E-state index contributed by atoms with van der Waals surface area (Å²) in [7, 11) is 1.54. The van der Waals surface area contributed by atoms with Crippen molar-refractivity contribution in [3.63, 3.8) is 0 Å². The fourth-order valence-corrected chi connectivity index (χ4v) is 1.50. The Morgan fingerprint density at radius 1 is 1.40 bits per heavy atom. The van der Waals surface area contributed by atoms with Crippen molar-refractivity contribution in [3.8, 4) is 0 Å². The number of hydrogen-bond acceptors (Lipinski definition) is 3. The molecule has 1 aromatic rings. The van der Waals surface area contributed by atoms with Crippen molar-refractivity contribution in [1.82, 2.24) is 5.32 Å². The van der Waals surface area contributed by atoms with Crippen LogP contribution >= 0.6 is 0 Å². The van der Waals surface area contributed by atoms with Gasteiger partial charge in [0.1, 0.15) is 0 Å². The normalized spacial score (nSPS) is 11.3. The predicted octanol–water partition coefficient (Wildman–Crippen LogP) is -2.57. The molecule has 0 bridgehead atoms. The second-order valence-corrected chi connectivity index (χ2v) is 3.62. The summed E-state index contributed by atoms with van der Waals surface area (Å²) in [6, 6.07) is 6.45. The van der Waals surface area contributed by atoms with Crippen LogP contribution in [0.15, 0.2) is 24.3 Å². The van der Waals surface area contributed by atoms with Gasteiger partial charge in [-0.3, -0.25) is 9.00 Å². The predicted molar refractivity (Wildman–Crippen MR) is 52.5 cm³/mol. The standard InChI is InChI=1S/C9H11NO3S.Na/c1-10-9(11)8-4-2-7(3-5-8)6-14(12)13;/h2-5H,6H2,1H3,(H,10,11)(H,12,13);/q;+1/p-1. The molecule has 0 aliphatic heterocycles. The van der Waals surface area contributed by atoms with Gasteiger partial charge in [-0.15, -0.1) is 0 Å². The molecule has 76 valence electrons. The zero-order valence-corrected chi connectivity index (χ0v) is 11.5. The number of carbonyl (C=O) groups is 1. The van der Waals surface area contributed by atoms with Gasteiger partial charge in [0, 0.05) is 18.4 Å². The van der Waals surface area contributed by atoms with Crippen molar-refractivity contribution in [2.75, 3.05) is 7.05 Å². The molecule has 0 aromatic heterocycles. The Bertz CT molecular complexity index is 353. The van der Waals surface area contributed by atoms with Gasteiger partial charge in [0.05, 0.1) is 0 Å². The molecule has 0 fully saturated rings. The topological polar surface area (TPSA) is 69.2 Å². The van der Waals surface area contributed by atoms with E-state index in [-0.39, 0.29) is 41.2 Å². The number of amides is 1.